The van der Waals surface area contributed by atoms with Crippen LogP contribution in [0.5, 0.6) is 0 Å². The molecule has 1 aromatic rings. The van der Waals surface area contributed by atoms with Crippen molar-refractivity contribution in [3.8, 4) is 0 Å². The Balaban J connectivity index is 2.03. The first-order chi connectivity index (χ1) is 10.4. The molecular formula is C13H17N5O4. The highest BCUT2D eigenvalue weighted by Crippen LogP contribution is 2.17. The molecule has 0 radical (unpaired) electrons. The molecule has 0 aliphatic carbocycles. The van der Waals surface area contributed by atoms with Gasteiger partial charge in [0.25, 0.3) is 0 Å². The molecule has 2 atom stereocenters. The first-order valence-corrected chi connectivity index (χ1v) is 6.74. The highest BCUT2D eigenvalue weighted by Gasteiger charge is 2.38. The summed E-state index contributed by atoms with van der Waals surface area (Å²) in [5, 5.41) is 2.65. The average molecular weight is 307 g/mol. The lowest BCUT2D eigenvalue weighted by Gasteiger charge is -2.17. The molecule has 1 fully saturated rings. The number of amides is 3. The molecule has 0 spiro atoms. The first kappa shape index (κ1) is 15.7. The van der Waals surface area contributed by atoms with Crippen LogP contribution < -0.4 is 16.7 Å². The predicted octanol–water partition coefficient (Wildman–Crippen LogP) is -2.31. The molecule has 118 valence electrons. The summed E-state index contributed by atoms with van der Waals surface area (Å²) in [5.74, 6) is -1.85. The molecule has 2 rings (SSSR count). The minimum absolute atomic E-state index is 0.183. The van der Waals surface area contributed by atoms with Crippen LogP contribution in [0, 0.1) is 5.92 Å². The van der Waals surface area contributed by atoms with Gasteiger partial charge < -0.3 is 16.0 Å². The monoisotopic (exact) mass is 307 g/mol. The standard InChI is InChI=1S/C13H17N5O4/c1-8(19)18-5-9(12(14)21)10(6-18)16-11(20)7-17-4-2-3-15-13(17)22/h2-4,9-10H,5-7H2,1H3,(H2,14,21)(H,16,20)/t9-,10+/m1/s1. The van der Waals surface area contributed by atoms with E-state index >= 15 is 0 Å². The molecule has 9 heteroatoms. The van der Waals surface area contributed by atoms with E-state index in [4.69, 9.17) is 5.73 Å². The Labute approximate surface area is 126 Å². The average Bonchev–Trinajstić information content (AvgIpc) is 2.85. The maximum absolute atomic E-state index is 12.0. The van der Waals surface area contributed by atoms with Crippen LogP contribution in [0.15, 0.2) is 23.3 Å². The number of carbonyl (C=O) groups excluding carboxylic acids is 3. The summed E-state index contributed by atoms with van der Waals surface area (Å²) in [4.78, 5) is 51.3. The van der Waals surface area contributed by atoms with Crippen molar-refractivity contribution in [3.05, 3.63) is 28.9 Å². The van der Waals surface area contributed by atoms with Crippen LogP contribution in [0.3, 0.4) is 0 Å². The van der Waals surface area contributed by atoms with E-state index in [-0.39, 0.29) is 25.5 Å². The number of primary amides is 1. The van der Waals surface area contributed by atoms with Gasteiger partial charge in [-0.1, -0.05) is 0 Å². The minimum atomic E-state index is -0.640. The van der Waals surface area contributed by atoms with Crippen molar-refractivity contribution in [2.75, 3.05) is 13.1 Å². The second-order valence-corrected chi connectivity index (χ2v) is 5.14. The molecule has 22 heavy (non-hydrogen) atoms. The number of rotatable bonds is 4. The van der Waals surface area contributed by atoms with Gasteiger partial charge in [-0.3, -0.25) is 19.0 Å². The molecule has 3 N–H and O–H groups in total. The molecular weight excluding hydrogens is 290 g/mol. The van der Waals surface area contributed by atoms with E-state index in [9.17, 15) is 19.2 Å². The zero-order chi connectivity index (χ0) is 16.3. The molecule has 1 aliphatic heterocycles. The number of nitrogens with two attached hydrogens (primary N) is 1. The quantitative estimate of drug-likeness (QED) is 0.646. The number of likely N-dealkylation sites (tertiary alicyclic amines) is 1. The Morgan fingerprint density at radius 1 is 1.41 bits per heavy atom. The normalized spacial score (nSPS) is 20.7. The molecule has 0 saturated carbocycles. The Morgan fingerprint density at radius 2 is 2.14 bits per heavy atom. The second kappa shape index (κ2) is 6.37. The van der Waals surface area contributed by atoms with Crippen molar-refractivity contribution in [2.45, 2.75) is 19.5 Å². The van der Waals surface area contributed by atoms with Gasteiger partial charge in [0, 0.05) is 32.4 Å². The molecule has 0 unspecified atom stereocenters. The van der Waals surface area contributed by atoms with Gasteiger partial charge >= 0.3 is 5.69 Å². The molecule has 9 nitrogen and oxygen atoms in total. The van der Waals surface area contributed by atoms with Crippen LogP contribution in [-0.2, 0) is 20.9 Å². The maximum Gasteiger partial charge on any atom is 0.347 e. The Morgan fingerprint density at radius 3 is 2.73 bits per heavy atom. The molecule has 3 amide bonds. The van der Waals surface area contributed by atoms with Gasteiger partial charge in [0.05, 0.1) is 12.0 Å². The Kier molecular flexibility index (Phi) is 4.54. The maximum atomic E-state index is 12.0. The van der Waals surface area contributed by atoms with E-state index in [1.807, 2.05) is 0 Å². The zero-order valence-corrected chi connectivity index (χ0v) is 12.1. The first-order valence-electron chi connectivity index (χ1n) is 6.74. The second-order valence-electron chi connectivity index (χ2n) is 5.14. The van der Waals surface area contributed by atoms with Crippen molar-refractivity contribution in [2.24, 2.45) is 11.7 Å². The van der Waals surface area contributed by atoms with E-state index < -0.39 is 29.5 Å². The van der Waals surface area contributed by atoms with Crippen molar-refractivity contribution in [1.82, 2.24) is 19.8 Å². The third-order valence-corrected chi connectivity index (χ3v) is 3.57. The van der Waals surface area contributed by atoms with Gasteiger partial charge in [0.1, 0.15) is 6.54 Å². The summed E-state index contributed by atoms with van der Waals surface area (Å²) >= 11 is 0. The van der Waals surface area contributed by atoms with Crippen molar-refractivity contribution in [1.29, 1.82) is 0 Å². The Bertz CT molecular complexity index is 656. The topological polar surface area (TPSA) is 127 Å². The van der Waals surface area contributed by atoms with Crippen LogP contribution in [0.1, 0.15) is 6.92 Å². The third-order valence-electron chi connectivity index (χ3n) is 3.57. The van der Waals surface area contributed by atoms with E-state index in [1.54, 1.807) is 0 Å². The lowest BCUT2D eigenvalue weighted by molar-refractivity contribution is -0.128. The van der Waals surface area contributed by atoms with Gasteiger partial charge in [0.15, 0.2) is 0 Å². The molecule has 1 saturated heterocycles. The minimum Gasteiger partial charge on any atom is -0.369 e. The van der Waals surface area contributed by atoms with Crippen LogP contribution in [0.2, 0.25) is 0 Å². The van der Waals surface area contributed by atoms with E-state index in [1.165, 1.54) is 30.3 Å². The molecule has 2 heterocycles. The van der Waals surface area contributed by atoms with Crippen molar-refractivity contribution in [3.63, 3.8) is 0 Å². The highest BCUT2D eigenvalue weighted by atomic mass is 16.2. The van der Waals surface area contributed by atoms with Gasteiger partial charge in [-0.25, -0.2) is 9.78 Å². The lowest BCUT2D eigenvalue weighted by atomic mass is 10.0. The molecule has 0 bridgehead atoms. The van der Waals surface area contributed by atoms with Crippen LogP contribution in [0.25, 0.3) is 0 Å². The third kappa shape index (κ3) is 3.48. The number of nitrogens with one attached hydrogen (secondary N) is 1. The van der Waals surface area contributed by atoms with E-state index in [0.29, 0.717) is 0 Å². The number of nitrogens with zero attached hydrogens (tertiary/aromatic N) is 3. The van der Waals surface area contributed by atoms with Gasteiger partial charge in [-0.05, 0) is 6.07 Å². The van der Waals surface area contributed by atoms with Crippen LogP contribution >= 0.6 is 0 Å². The Hall–Kier alpha value is -2.71. The predicted molar refractivity (Wildman–Crippen MR) is 75.4 cm³/mol. The summed E-state index contributed by atoms with van der Waals surface area (Å²) in [7, 11) is 0. The highest BCUT2D eigenvalue weighted by molar-refractivity contribution is 5.83. The fourth-order valence-electron chi connectivity index (χ4n) is 2.41. The van der Waals surface area contributed by atoms with Gasteiger partial charge in [-0.2, -0.15) is 0 Å². The van der Waals surface area contributed by atoms with Gasteiger partial charge in [-0.15, -0.1) is 0 Å². The summed E-state index contributed by atoms with van der Waals surface area (Å²) in [5.41, 5.74) is 4.77. The number of hydrogen-bond donors (Lipinski definition) is 2. The summed E-state index contributed by atoms with van der Waals surface area (Å²) in [6.07, 6.45) is 2.78. The smallest absolute Gasteiger partial charge is 0.347 e. The van der Waals surface area contributed by atoms with Gasteiger partial charge in [0.2, 0.25) is 17.7 Å². The van der Waals surface area contributed by atoms with Crippen molar-refractivity contribution >= 4 is 17.7 Å². The van der Waals surface area contributed by atoms with Crippen LogP contribution in [0.4, 0.5) is 0 Å². The van der Waals surface area contributed by atoms with Crippen molar-refractivity contribution < 1.29 is 14.4 Å². The fraction of sp³-hybridized carbons (Fsp3) is 0.462. The summed E-state index contributed by atoms with van der Waals surface area (Å²) < 4.78 is 1.15. The molecule has 1 aliphatic rings. The largest absolute Gasteiger partial charge is 0.369 e. The number of carbonyl (C=O) groups is 3. The SMILES string of the molecule is CC(=O)N1C[C@H](NC(=O)Cn2cccnc2=O)[C@H](C(N)=O)C1. The summed E-state index contributed by atoms with van der Waals surface area (Å²) in [6.45, 7) is 1.57. The van der Waals surface area contributed by atoms with E-state index in [2.05, 4.69) is 10.3 Å². The number of hydrogen-bond acceptors (Lipinski definition) is 5. The lowest BCUT2D eigenvalue weighted by Crippen LogP contribution is -2.46. The van der Waals surface area contributed by atoms with Crippen LogP contribution in [-0.4, -0.2) is 51.3 Å². The molecule has 1 aromatic heterocycles. The zero-order valence-electron chi connectivity index (χ0n) is 12.1. The van der Waals surface area contributed by atoms with E-state index in [0.717, 1.165) is 4.57 Å². The molecule has 0 aromatic carbocycles. The summed E-state index contributed by atoms with van der Waals surface area (Å²) in [6, 6.07) is 0.981. The fourth-order valence-corrected chi connectivity index (χ4v) is 2.41. The number of aromatic nitrogens is 2.